The highest BCUT2D eigenvalue weighted by atomic mass is 35.5. The van der Waals surface area contributed by atoms with Gasteiger partial charge in [-0.3, -0.25) is 0 Å². The second-order valence-electron chi connectivity index (χ2n) is 5.01. The Kier molecular flexibility index (Phi) is 4.45. The highest BCUT2D eigenvalue weighted by Gasteiger charge is 2.09. The van der Waals surface area contributed by atoms with E-state index in [1.54, 1.807) is 0 Å². The van der Waals surface area contributed by atoms with Crippen LogP contribution in [0.15, 0.2) is 24.3 Å². The van der Waals surface area contributed by atoms with Crippen LogP contribution in [0.1, 0.15) is 31.2 Å². The Bertz CT molecular complexity index is 611. The zero-order valence-corrected chi connectivity index (χ0v) is 12.9. The Labute approximate surface area is 124 Å². The maximum Gasteiger partial charge on any atom is 0.136 e. The summed E-state index contributed by atoms with van der Waals surface area (Å²) in [4.78, 5) is 8.95. The van der Waals surface area contributed by atoms with Crippen LogP contribution in [0.2, 0.25) is 5.02 Å². The van der Waals surface area contributed by atoms with Gasteiger partial charge >= 0.3 is 0 Å². The molecule has 0 fully saturated rings. The molecule has 20 heavy (non-hydrogen) atoms. The summed E-state index contributed by atoms with van der Waals surface area (Å²) in [7, 11) is 1.84. The lowest BCUT2D eigenvalue weighted by Gasteiger charge is -2.12. The molecule has 0 atom stereocenters. The van der Waals surface area contributed by atoms with Gasteiger partial charge in [0.1, 0.15) is 17.5 Å². The van der Waals surface area contributed by atoms with Crippen LogP contribution < -0.4 is 10.6 Å². The largest absolute Gasteiger partial charge is 0.373 e. The SMILES string of the molecule is CNc1cc(Nc2ccc(C)cc2Cl)nc(C(C)C)n1. The average molecular weight is 291 g/mol. The standard InChI is InChI=1S/C15H19ClN4/c1-9(2)15-19-13(17-4)8-14(20-15)18-12-6-5-10(3)7-11(12)16/h5-9H,1-4H3,(H2,17,18,19,20). The van der Waals surface area contributed by atoms with Gasteiger partial charge in [0, 0.05) is 19.0 Å². The summed E-state index contributed by atoms with van der Waals surface area (Å²) in [5.74, 6) is 2.58. The van der Waals surface area contributed by atoms with Crippen LogP contribution >= 0.6 is 11.6 Å². The summed E-state index contributed by atoms with van der Waals surface area (Å²) in [5, 5.41) is 6.98. The highest BCUT2D eigenvalue weighted by molar-refractivity contribution is 6.33. The molecule has 0 aliphatic carbocycles. The van der Waals surface area contributed by atoms with Crippen molar-refractivity contribution in [2.24, 2.45) is 0 Å². The molecule has 0 saturated heterocycles. The molecule has 1 aromatic carbocycles. The first-order chi connectivity index (χ1) is 9.49. The Morgan fingerprint density at radius 2 is 1.80 bits per heavy atom. The van der Waals surface area contributed by atoms with Crippen LogP contribution in [-0.2, 0) is 0 Å². The Hall–Kier alpha value is -1.81. The number of hydrogen-bond donors (Lipinski definition) is 2. The van der Waals surface area contributed by atoms with E-state index in [-0.39, 0.29) is 5.92 Å². The summed E-state index contributed by atoms with van der Waals surface area (Å²) in [6.07, 6.45) is 0. The van der Waals surface area contributed by atoms with Crippen LogP contribution in [0.5, 0.6) is 0 Å². The summed E-state index contributed by atoms with van der Waals surface area (Å²) in [6, 6.07) is 7.75. The number of halogens is 1. The van der Waals surface area contributed by atoms with Gasteiger partial charge in [0.05, 0.1) is 10.7 Å². The van der Waals surface area contributed by atoms with Crippen molar-refractivity contribution in [2.45, 2.75) is 26.7 Å². The molecule has 0 unspecified atom stereocenters. The second kappa shape index (κ2) is 6.09. The van der Waals surface area contributed by atoms with Crippen molar-refractivity contribution >= 4 is 28.9 Å². The van der Waals surface area contributed by atoms with Gasteiger partial charge in [-0.15, -0.1) is 0 Å². The molecule has 0 aliphatic rings. The van der Waals surface area contributed by atoms with Crippen LogP contribution in [0.25, 0.3) is 0 Å². The van der Waals surface area contributed by atoms with Crippen molar-refractivity contribution in [1.29, 1.82) is 0 Å². The maximum atomic E-state index is 6.23. The third kappa shape index (κ3) is 3.39. The minimum atomic E-state index is 0.261. The lowest BCUT2D eigenvalue weighted by atomic mass is 10.2. The van der Waals surface area contributed by atoms with Gasteiger partial charge < -0.3 is 10.6 Å². The summed E-state index contributed by atoms with van der Waals surface area (Å²) >= 11 is 6.23. The second-order valence-corrected chi connectivity index (χ2v) is 5.42. The molecular weight excluding hydrogens is 272 g/mol. The maximum absolute atomic E-state index is 6.23. The molecule has 1 heterocycles. The molecule has 0 saturated carbocycles. The average Bonchev–Trinajstić information content (AvgIpc) is 2.41. The van der Waals surface area contributed by atoms with E-state index in [2.05, 4.69) is 34.4 Å². The van der Waals surface area contributed by atoms with Crippen molar-refractivity contribution in [1.82, 2.24) is 9.97 Å². The molecule has 2 aromatic rings. The van der Waals surface area contributed by atoms with E-state index in [0.717, 1.165) is 28.7 Å². The van der Waals surface area contributed by atoms with Crippen LogP contribution in [0.4, 0.5) is 17.3 Å². The third-order valence-electron chi connectivity index (χ3n) is 2.90. The van der Waals surface area contributed by atoms with Gasteiger partial charge in [-0.1, -0.05) is 31.5 Å². The highest BCUT2D eigenvalue weighted by Crippen LogP contribution is 2.27. The predicted molar refractivity (Wildman–Crippen MR) is 85.1 cm³/mol. The molecule has 0 amide bonds. The number of rotatable bonds is 4. The van der Waals surface area contributed by atoms with Gasteiger partial charge in [-0.2, -0.15) is 0 Å². The van der Waals surface area contributed by atoms with Gasteiger partial charge in [-0.25, -0.2) is 9.97 Å². The molecule has 2 N–H and O–H groups in total. The van der Waals surface area contributed by atoms with Gasteiger partial charge in [0.25, 0.3) is 0 Å². The molecular formula is C15H19ClN4. The third-order valence-corrected chi connectivity index (χ3v) is 3.22. The number of benzene rings is 1. The molecule has 4 nitrogen and oxygen atoms in total. The number of aromatic nitrogens is 2. The quantitative estimate of drug-likeness (QED) is 0.879. The van der Waals surface area contributed by atoms with Crippen molar-refractivity contribution in [3.05, 3.63) is 40.7 Å². The minimum Gasteiger partial charge on any atom is -0.373 e. The normalized spacial score (nSPS) is 10.7. The number of nitrogens with zero attached hydrogens (tertiary/aromatic N) is 2. The van der Waals surface area contributed by atoms with E-state index >= 15 is 0 Å². The molecule has 5 heteroatoms. The first-order valence-corrected chi connectivity index (χ1v) is 6.97. The zero-order valence-electron chi connectivity index (χ0n) is 12.2. The fourth-order valence-electron chi connectivity index (χ4n) is 1.78. The summed E-state index contributed by atoms with van der Waals surface area (Å²) < 4.78 is 0. The number of hydrogen-bond acceptors (Lipinski definition) is 4. The summed E-state index contributed by atoms with van der Waals surface area (Å²) in [5.41, 5.74) is 1.97. The first kappa shape index (κ1) is 14.6. The van der Waals surface area contributed by atoms with E-state index in [1.165, 1.54) is 0 Å². The number of aryl methyl sites for hydroxylation is 1. The summed E-state index contributed by atoms with van der Waals surface area (Å²) in [6.45, 7) is 6.14. The lowest BCUT2D eigenvalue weighted by Crippen LogP contribution is -2.05. The molecule has 0 spiro atoms. The number of nitrogens with one attached hydrogen (secondary N) is 2. The van der Waals surface area contributed by atoms with E-state index < -0.39 is 0 Å². The monoisotopic (exact) mass is 290 g/mol. The Morgan fingerprint density at radius 1 is 1.10 bits per heavy atom. The van der Waals surface area contributed by atoms with Crippen LogP contribution in [0, 0.1) is 6.92 Å². The van der Waals surface area contributed by atoms with Gasteiger partial charge in [0.15, 0.2) is 0 Å². The molecule has 0 radical (unpaired) electrons. The van der Waals surface area contributed by atoms with E-state index in [4.69, 9.17) is 11.6 Å². The smallest absolute Gasteiger partial charge is 0.136 e. The Morgan fingerprint density at radius 3 is 2.40 bits per heavy atom. The van der Waals surface area contributed by atoms with Crippen molar-refractivity contribution < 1.29 is 0 Å². The van der Waals surface area contributed by atoms with Crippen molar-refractivity contribution in [3.8, 4) is 0 Å². The van der Waals surface area contributed by atoms with Gasteiger partial charge in [0.2, 0.25) is 0 Å². The van der Waals surface area contributed by atoms with E-state index in [0.29, 0.717) is 5.02 Å². The zero-order chi connectivity index (χ0) is 14.7. The minimum absolute atomic E-state index is 0.261. The lowest BCUT2D eigenvalue weighted by molar-refractivity contribution is 0.778. The first-order valence-electron chi connectivity index (χ1n) is 6.59. The van der Waals surface area contributed by atoms with Crippen LogP contribution in [-0.4, -0.2) is 17.0 Å². The van der Waals surface area contributed by atoms with E-state index in [9.17, 15) is 0 Å². The van der Waals surface area contributed by atoms with E-state index in [1.807, 2.05) is 38.2 Å². The Balaban J connectivity index is 2.34. The molecule has 1 aromatic heterocycles. The number of anilines is 3. The van der Waals surface area contributed by atoms with Crippen molar-refractivity contribution in [3.63, 3.8) is 0 Å². The fraction of sp³-hybridized carbons (Fsp3) is 0.333. The molecule has 2 rings (SSSR count). The molecule has 0 aliphatic heterocycles. The predicted octanol–water partition coefficient (Wildman–Crippen LogP) is 4.35. The van der Waals surface area contributed by atoms with Gasteiger partial charge in [-0.05, 0) is 24.6 Å². The fourth-order valence-corrected chi connectivity index (χ4v) is 2.06. The van der Waals surface area contributed by atoms with Crippen LogP contribution in [0.3, 0.4) is 0 Å². The molecule has 106 valence electrons. The topological polar surface area (TPSA) is 49.8 Å². The molecule has 0 bridgehead atoms. The van der Waals surface area contributed by atoms with Crippen molar-refractivity contribution in [2.75, 3.05) is 17.7 Å².